The first-order valence-electron chi connectivity index (χ1n) is 10.5. The molecule has 178 valence electrons. The molecule has 12 nitrogen and oxygen atoms in total. The molecular formula is C22H23N5O7. The van der Waals surface area contributed by atoms with E-state index in [4.69, 9.17) is 23.5 Å². The number of aryl methyl sites for hydroxylation is 1. The second-order valence-electron chi connectivity index (χ2n) is 7.45. The summed E-state index contributed by atoms with van der Waals surface area (Å²) < 4.78 is 28.4. The van der Waals surface area contributed by atoms with E-state index < -0.39 is 30.4 Å². The number of rotatable bonds is 8. The number of hydrogen-bond acceptors (Lipinski definition) is 11. The van der Waals surface area contributed by atoms with Crippen LogP contribution in [0.15, 0.2) is 47.1 Å². The quantitative estimate of drug-likeness (QED) is 0.353. The zero-order valence-corrected chi connectivity index (χ0v) is 18.8. The van der Waals surface area contributed by atoms with Gasteiger partial charge in [-0.3, -0.25) is 9.59 Å². The summed E-state index contributed by atoms with van der Waals surface area (Å²) in [5.74, 6) is 0.0772. The van der Waals surface area contributed by atoms with Crippen LogP contribution in [-0.4, -0.2) is 62.2 Å². The summed E-state index contributed by atoms with van der Waals surface area (Å²) in [6.45, 7) is 4.36. The Morgan fingerprint density at radius 2 is 1.91 bits per heavy atom. The average molecular weight is 469 g/mol. The van der Waals surface area contributed by atoms with Gasteiger partial charge in [0, 0.05) is 26.3 Å². The molecule has 0 radical (unpaired) electrons. The molecule has 1 aromatic carbocycles. The minimum atomic E-state index is -0.741. The SMILES string of the molecule is CC(=O)OC[C@H]1O[C@H](OCc2cn(-c3ccc(-c4noc(C)n4)cc3)nn2)C=C[C@@H]1OC(C)=O. The molecule has 0 spiro atoms. The van der Waals surface area contributed by atoms with Gasteiger partial charge in [-0.1, -0.05) is 10.4 Å². The second-order valence-corrected chi connectivity index (χ2v) is 7.45. The summed E-state index contributed by atoms with van der Waals surface area (Å²) in [7, 11) is 0. The predicted molar refractivity (Wildman–Crippen MR) is 114 cm³/mol. The van der Waals surface area contributed by atoms with Gasteiger partial charge in [-0.25, -0.2) is 4.68 Å². The van der Waals surface area contributed by atoms with E-state index >= 15 is 0 Å². The molecule has 12 heteroatoms. The highest BCUT2D eigenvalue weighted by molar-refractivity contribution is 5.67. The molecule has 1 aliphatic heterocycles. The zero-order chi connectivity index (χ0) is 24.1. The van der Waals surface area contributed by atoms with E-state index in [1.807, 2.05) is 24.3 Å². The second kappa shape index (κ2) is 10.4. The first kappa shape index (κ1) is 23.3. The summed E-state index contributed by atoms with van der Waals surface area (Å²) in [5.41, 5.74) is 2.19. The van der Waals surface area contributed by atoms with Gasteiger partial charge in [-0.15, -0.1) is 5.10 Å². The van der Waals surface area contributed by atoms with Gasteiger partial charge >= 0.3 is 11.9 Å². The topological polar surface area (TPSA) is 141 Å². The summed E-state index contributed by atoms with van der Waals surface area (Å²) in [6, 6.07) is 7.45. The Labute approximate surface area is 194 Å². The molecule has 0 saturated carbocycles. The van der Waals surface area contributed by atoms with Crippen molar-refractivity contribution >= 4 is 11.9 Å². The van der Waals surface area contributed by atoms with Crippen LogP contribution in [0.2, 0.25) is 0 Å². The van der Waals surface area contributed by atoms with Crippen LogP contribution >= 0.6 is 0 Å². The molecule has 3 atom stereocenters. The zero-order valence-electron chi connectivity index (χ0n) is 18.8. The van der Waals surface area contributed by atoms with Crippen LogP contribution in [0.4, 0.5) is 0 Å². The third-order valence-corrected chi connectivity index (χ3v) is 4.74. The first-order chi connectivity index (χ1) is 16.4. The molecule has 0 N–H and O–H groups in total. The van der Waals surface area contributed by atoms with Gasteiger partial charge in [0.15, 0.2) is 6.29 Å². The Bertz CT molecular complexity index is 1170. The number of nitrogens with zero attached hydrogens (tertiary/aromatic N) is 5. The van der Waals surface area contributed by atoms with Crippen molar-refractivity contribution in [1.82, 2.24) is 25.1 Å². The summed E-state index contributed by atoms with van der Waals surface area (Å²) >= 11 is 0. The fourth-order valence-corrected chi connectivity index (χ4v) is 3.19. The van der Waals surface area contributed by atoms with Crippen molar-refractivity contribution in [1.29, 1.82) is 0 Å². The molecule has 3 heterocycles. The normalized spacial score (nSPS) is 19.7. The van der Waals surface area contributed by atoms with Gasteiger partial charge in [0.2, 0.25) is 11.7 Å². The van der Waals surface area contributed by atoms with Crippen molar-refractivity contribution in [2.75, 3.05) is 6.61 Å². The van der Waals surface area contributed by atoms with Crippen LogP contribution in [0.25, 0.3) is 17.1 Å². The number of aromatic nitrogens is 5. The lowest BCUT2D eigenvalue weighted by Gasteiger charge is -2.31. The third-order valence-electron chi connectivity index (χ3n) is 4.74. The number of ether oxygens (including phenoxy) is 4. The maximum atomic E-state index is 11.3. The Morgan fingerprint density at radius 3 is 2.59 bits per heavy atom. The molecule has 0 fully saturated rings. The third kappa shape index (κ3) is 5.91. The summed E-state index contributed by atoms with van der Waals surface area (Å²) in [4.78, 5) is 26.7. The average Bonchev–Trinajstić information content (AvgIpc) is 3.46. The first-order valence-corrected chi connectivity index (χ1v) is 10.5. The molecule has 1 aliphatic rings. The molecule has 0 saturated heterocycles. The highest BCUT2D eigenvalue weighted by atomic mass is 16.7. The van der Waals surface area contributed by atoms with Crippen LogP contribution in [-0.2, 0) is 35.1 Å². The van der Waals surface area contributed by atoms with Crippen molar-refractivity contribution < 1.29 is 33.1 Å². The Kier molecular flexibility index (Phi) is 7.09. The molecule has 0 bridgehead atoms. The van der Waals surface area contributed by atoms with Gasteiger partial charge in [0.25, 0.3) is 0 Å². The Balaban J connectivity index is 1.35. The van der Waals surface area contributed by atoms with Crippen molar-refractivity contribution in [3.63, 3.8) is 0 Å². The number of esters is 2. The van der Waals surface area contributed by atoms with Gasteiger partial charge in [-0.2, -0.15) is 4.98 Å². The van der Waals surface area contributed by atoms with Crippen LogP contribution in [0.5, 0.6) is 0 Å². The largest absolute Gasteiger partial charge is 0.463 e. The monoisotopic (exact) mass is 469 g/mol. The summed E-state index contributed by atoms with van der Waals surface area (Å²) in [5, 5.41) is 12.2. The van der Waals surface area contributed by atoms with Gasteiger partial charge < -0.3 is 23.5 Å². The van der Waals surface area contributed by atoms with Gasteiger partial charge in [0.05, 0.1) is 18.5 Å². The van der Waals surface area contributed by atoms with E-state index in [1.54, 1.807) is 30.0 Å². The standard InChI is InChI=1S/C22H23N5O7/c1-13-23-22(25-34-13)16-4-6-18(7-5-16)27-10-17(24-26-27)11-31-21-9-8-19(32-15(3)29)20(33-21)12-30-14(2)28/h4-10,19-21H,11-12H2,1-3H3/t19-,20+,21-/m0/s1. The van der Waals surface area contributed by atoms with E-state index in [0.29, 0.717) is 17.4 Å². The van der Waals surface area contributed by atoms with Gasteiger partial charge in [-0.05, 0) is 36.4 Å². The highest BCUT2D eigenvalue weighted by Gasteiger charge is 2.31. The maximum Gasteiger partial charge on any atom is 0.303 e. The summed E-state index contributed by atoms with van der Waals surface area (Å²) in [6.07, 6.45) is 2.89. The molecule has 0 amide bonds. The lowest BCUT2D eigenvalue weighted by Crippen LogP contribution is -2.42. The molecular weight excluding hydrogens is 446 g/mol. The maximum absolute atomic E-state index is 11.3. The molecule has 34 heavy (non-hydrogen) atoms. The number of hydrogen-bond donors (Lipinski definition) is 0. The molecule has 4 rings (SSSR count). The number of carbonyl (C=O) groups excluding carboxylic acids is 2. The van der Waals surface area contributed by atoms with Crippen LogP contribution in [0.3, 0.4) is 0 Å². The predicted octanol–water partition coefficient (Wildman–Crippen LogP) is 1.92. The number of carbonyl (C=O) groups is 2. The number of benzene rings is 1. The minimum absolute atomic E-state index is 0.0763. The fraction of sp³-hybridized carbons (Fsp3) is 0.364. The fourth-order valence-electron chi connectivity index (χ4n) is 3.19. The van der Waals surface area contributed by atoms with E-state index in [0.717, 1.165) is 11.3 Å². The van der Waals surface area contributed by atoms with Crippen molar-refractivity contribution in [2.45, 2.75) is 45.9 Å². The molecule has 2 aromatic heterocycles. The van der Waals surface area contributed by atoms with E-state index in [-0.39, 0.29) is 13.2 Å². The lowest BCUT2D eigenvalue weighted by molar-refractivity contribution is -0.200. The van der Waals surface area contributed by atoms with Gasteiger partial charge in [0.1, 0.15) is 24.5 Å². The smallest absolute Gasteiger partial charge is 0.303 e. The van der Waals surface area contributed by atoms with Crippen LogP contribution < -0.4 is 0 Å². The molecule has 3 aromatic rings. The van der Waals surface area contributed by atoms with E-state index in [1.165, 1.54) is 13.8 Å². The highest BCUT2D eigenvalue weighted by Crippen LogP contribution is 2.20. The van der Waals surface area contributed by atoms with Crippen molar-refractivity contribution in [3.05, 3.63) is 54.2 Å². The van der Waals surface area contributed by atoms with E-state index in [2.05, 4.69) is 20.5 Å². The molecule has 0 aliphatic carbocycles. The Morgan fingerprint density at radius 1 is 1.12 bits per heavy atom. The van der Waals surface area contributed by atoms with Crippen molar-refractivity contribution in [2.24, 2.45) is 0 Å². The van der Waals surface area contributed by atoms with Crippen LogP contribution in [0, 0.1) is 6.92 Å². The van der Waals surface area contributed by atoms with Crippen LogP contribution in [0.1, 0.15) is 25.4 Å². The lowest BCUT2D eigenvalue weighted by atomic mass is 10.1. The van der Waals surface area contributed by atoms with E-state index in [9.17, 15) is 9.59 Å². The Hall–Kier alpha value is -3.90. The minimum Gasteiger partial charge on any atom is -0.463 e. The molecule has 0 unspecified atom stereocenters. The van der Waals surface area contributed by atoms with Crippen molar-refractivity contribution in [3.8, 4) is 17.1 Å².